The fourth-order valence-corrected chi connectivity index (χ4v) is 4.28. The van der Waals surface area contributed by atoms with Gasteiger partial charge in [0.1, 0.15) is 5.75 Å². The maximum absolute atomic E-state index is 13.4. The first-order valence-corrected chi connectivity index (χ1v) is 11.7. The molecule has 3 N–H and O–H groups in total. The van der Waals surface area contributed by atoms with Gasteiger partial charge in [0.15, 0.2) is 11.2 Å². The Morgan fingerprint density at radius 3 is 2.72 bits per heavy atom. The van der Waals surface area contributed by atoms with Crippen molar-refractivity contribution in [1.29, 1.82) is 0 Å². The van der Waals surface area contributed by atoms with Crippen molar-refractivity contribution < 1.29 is 5.11 Å². The van der Waals surface area contributed by atoms with Gasteiger partial charge in [0.2, 0.25) is 5.82 Å². The minimum atomic E-state index is -1.11. The number of H-pyrrole nitrogens is 2. The number of hydrogen-bond donors (Lipinski definition) is 3. The number of aromatic hydroxyl groups is 1. The number of nitrogens with one attached hydrogen (secondary N) is 2. The van der Waals surface area contributed by atoms with E-state index in [1.807, 2.05) is 69.3 Å². The largest absolute Gasteiger partial charge is 0.507 e. The molecule has 182 valence electrons. The number of para-hydroxylation sites is 1. The molecule has 0 aliphatic heterocycles. The van der Waals surface area contributed by atoms with E-state index in [1.54, 1.807) is 12.1 Å². The smallest absolute Gasteiger partial charge is 0.299 e. The van der Waals surface area contributed by atoms with Crippen molar-refractivity contribution in [2.24, 2.45) is 10.2 Å². The molecule has 0 radical (unpaired) electrons. The van der Waals surface area contributed by atoms with Crippen LogP contribution in [0.3, 0.4) is 0 Å². The van der Waals surface area contributed by atoms with Crippen LogP contribution >= 0.6 is 0 Å². The summed E-state index contributed by atoms with van der Waals surface area (Å²) in [6.07, 6.45) is 6.44. The van der Waals surface area contributed by atoms with E-state index in [9.17, 15) is 9.90 Å². The summed E-state index contributed by atoms with van der Waals surface area (Å²) in [7, 11) is 0. The minimum absolute atomic E-state index is 0.160. The molecular formula is C26H26N8O2. The SMILES string of the molecule is CCc1[nH]n(-c2ccc(C)c(C)c2)c(=O)c1N=NC1(c2nn[nH]n2)C=CC=C(c2ccccc2O)C1. The fourth-order valence-electron chi connectivity index (χ4n) is 4.28. The van der Waals surface area contributed by atoms with Gasteiger partial charge in [0, 0.05) is 12.0 Å². The number of benzene rings is 2. The van der Waals surface area contributed by atoms with Crippen molar-refractivity contribution in [3.8, 4) is 11.4 Å². The highest BCUT2D eigenvalue weighted by molar-refractivity contribution is 5.74. The average Bonchev–Trinajstić information content (AvgIpc) is 3.54. The molecule has 0 saturated heterocycles. The van der Waals surface area contributed by atoms with E-state index < -0.39 is 5.54 Å². The molecule has 1 aliphatic carbocycles. The molecule has 0 fully saturated rings. The number of hydrogen-bond acceptors (Lipinski definition) is 7. The van der Waals surface area contributed by atoms with Crippen molar-refractivity contribution >= 4 is 11.3 Å². The van der Waals surface area contributed by atoms with Gasteiger partial charge < -0.3 is 5.11 Å². The Kier molecular flexibility index (Phi) is 5.93. The molecule has 0 bridgehead atoms. The van der Waals surface area contributed by atoms with Gasteiger partial charge in [-0.25, -0.2) is 4.68 Å². The third-order valence-electron chi connectivity index (χ3n) is 6.48. The third-order valence-corrected chi connectivity index (χ3v) is 6.48. The van der Waals surface area contributed by atoms with Crippen molar-refractivity contribution in [3.63, 3.8) is 0 Å². The first-order chi connectivity index (χ1) is 17.4. The molecule has 1 aliphatic rings. The summed E-state index contributed by atoms with van der Waals surface area (Å²) in [5.74, 6) is 0.472. The minimum Gasteiger partial charge on any atom is -0.507 e. The van der Waals surface area contributed by atoms with Gasteiger partial charge in [0.25, 0.3) is 5.56 Å². The van der Waals surface area contributed by atoms with E-state index >= 15 is 0 Å². The second-order valence-electron chi connectivity index (χ2n) is 8.81. The van der Waals surface area contributed by atoms with E-state index in [-0.39, 0.29) is 17.0 Å². The first-order valence-electron chi connectivity index (χ1n) is 11.7. The number of tetrazole rings is 1. The van der Waals surface area contributed by atoms with Crippen LogP contribution in [0.4, 0.5) is 5.69 Å². The number of nitrogens with zero attached hydrogens (tertiary/aromatic N) is 6. The number of phenols is 1. The molecule has 2 aromatic heterocycles. The molecule has 1 atom stereocenters. The van der Waals surface area contributed by atoms with Gasteiger partial charge in [-0.15, -0.1) is 15.3 Å². The van der Waals surface area contributed by atoms with Crippen molar-refractivity contribution in [1.82, 2.24) is 30.4 Å². The zero-order chi connectivity index (χ0) is 25.3. The highest BCUT2D eigenvalue weighted by Crippen LogP contribution is 2.41. The molecule has 0 amide bonds. The predicted molar refractivity (Wildman–Crippen MR) is 135 cm³/mol. The van der Waals surface area contributed by atoms with Crippen molar-refractivity contribution in [3.05, 3.63) is 99.3 Å². The van der Waals surface area contributed by atoms with E-state index in [0.717, 1.165) is 22.4 Å². The van der Waals surface area contributed by atoms with Crippen LogP contribution in [-0.4, -0.2) is 35.5 Å². The Labute approximate surface area is 207 Å². The maximum Gasteiger partial charge on any atom is 0.299 e. The standard InChI is InChI=1S/C26H26N8O2/c1-4-21-23(24(36)34(30-21)19-12-11-16(2)17(3)14-19)27-31-26(25-28-32-33-29-25)13-7-8-18(15-26)20-9-5-6-10-22(20)35/h5-14,30,35H,4,15H2,1-3H3,(H,28,29,32,33). The lowest BCUT2D eigenvalue weighted by molar-refractivity contribution is 0.470. The molecule has 36 heavy (non-hydrogen) atoms. The van der Waals surface area contributed by atoms with Crippen LogP contribution in [0.15, 0.2) is 75.7 Å². The quantitative estimate of drug-likeness (QED) is 0.345. The van der Waals surface area contributed by atoms with E-state index in [4.69, 9.17) is 0 Å². The highest BCUT2D eigenvalue weighted by atomic mass is 16.3. The molecule has 0 spiro atoms. The van der Waals surface area contributed by atoms with Crippen molar-refractivity contribution in [2.75, 3.05) is 0 Å². The number of aromatic nitrogens is 6. The van der Waals surface area contributed by atoms with Crippen molar-refractivity contribution in [2.45, 2.75) is 39.2 Å². The topological polar surface area (TPSA) is 137 Å². The molecule has 10 heteroatoms. The Balaban J connectivity index is 1.57. The zero-order valence-electron chi connectivity index (χ0n) is 20.2. The summed E-state index contributed by atoms with van der Waals surface area (Å²) in [6.45, 7) is 5.98. The summed E-state index contributed by atoms with van der Waals surface area (Å²) in [5, 5.41) is 37.2. The second kappa shape index (κ2) is 9.21. The Hall–Kier alpha value is -4.60. The summed E-state index contributed by atoms with van der Waals surface area (Å²) in [4.78, 5) is 13.4. The molecule has 2 heterocycles. The van der Waals surface area contributed by atoms with E-state index in [1.165, 1.54) is 4.68 Å². The van der Waals surface area contributed by atoms with Crippen LogP contribution in [0.25, 0.3) is 11.3 Å². The monoisotopic (exact) mass is 482 g/mol. The lowest BCUT2D eigenvalue weighted by atomic mass is 9.83. The van der Waals surface area contributed by atoms with Gasteiger partial charge in [-0.1, -0.05) is 48.6 Å². The van der Waals surface area contributed by atoms with Gasteiger partial charge in [0.05, 0.1) is 11.4 Å². The lowest BCUT2D eigenvalue weighted by Crippen LogP contribution is -2.25. The van der Waals surface area contributed by atoms with E-state index in [0.29, 0.717) is 29.9 Å². The molecule has 1 unspecified atom stereocenters. The molecule has 0 saturated carbocycles. The number of azo groups is 1. The van der Waals surface area contributed by atoms with Crippen LogP contribution in [0.2, 0.25) is 0 Å². The predicted octanol–water partition coefficient (Wildman–Crippen LogP) is 4.59. The number of rotatable bonds is 6. The second-order valence-corrected chi connectivity index (χ2v) is 8.81. The van der Waals surface area contributed by atoms with Gasteiger partial charge in [-0.05, 0) is 61.2 Å². The average molecular weight is 483 g/mol. The molecule has 2 aromatic carbocycles. The van der Waals surface area contributed by atoms with E-state index in [2.05, 4.69) is 36.0 Å². The van der Waals surface area contributed by atoms with Gasteiger partial charge in [-0.3, -0.25) is 9.89 Å². The third kappa shape index (κ3) is 4.06. The van der Waals surface area contributed by atoms with Crippen LogP contribution in [0.5, 0.6) is 5.75 Å². The maximum atomic E-state index is 13.4. The Morgan fingerprint density at radius 1 is 1.17 bits per heavy atom. The summed E-state index contributed by atoms with van der Waals surface area (Å²) in [5.41, 5.74) is 3.96. The summed E-state index contributed by atoms with van der Waals surface area (Å²) < 4.78 is 1.49. The number of aromatic amines is 2. The molecule has 4 aromatic rings. The van der Waals surface area contributed by atoms with Crippen LogP contribution < -0.4 is 5.56 Å². The molecule has 5 rings (SSSR count). The summed E-state index contributed by atoms with van der Waals surface area (Å²) >= 11 is 0. The van der Waals surface area contributed by atoms with Gasteiger partial charge in [-0.2, -0.15) is 10.3 Å². The Bertz CT molecular complexity index is 1560. The number of allylic oxidation sites excluding steroid dienone is 2. The highest BCUT2D eigenvalue weighted by Gasteiger charge is 2.38. The number of aryl methyl sites for hydroxylation is 3. The van der Waals surface area contributed by atoms with Crippen LogP contribution in [0.1, 0.15) is 41.6 Å². The van der Waals surface area contributed by atoms with Gasteiger partial charge >= 0.3 is 0 Å². The van der Waals surface area contributed by atoms with Crippen LogP contribution in [0, 0.1) is 13.8 Å². The van der Waals surface area contributed by atoms with Crippen LogP contribution in [-0.2, 0) is 12.0 Å². The normalized spacial score (nSPS) is 17.6. The molecule has 10 nitrogen and oxygen atoms in total. The number of phenolic OH excluding ortho intramolecular Hbond substituents is 1. The fraction of sp³-hybridized carbons (Fsp3) is 0.231. The first kappa shape index (κ1) is 23.2. The summed E-state index contributed by atoms with van der Waals surface area (Å²) in [6, 6.07) is 12.9. The Morgan fingerprint density at radius 2 is 2.00 bits per heavy atom. The zero-order valence-corrected chi connectivity index (χ0v) is 20.2. The molecular weight excluding hydrogens is 456 g/mol. The lowest BCUT2D eigenvalue weighted by Gasteiger charge is -2.26.